The van der Waals surface area contributed by atoms with Crippen LogP contribution < -0.4 is 5.73 Å². The number of nitrogens with one attached hydrogen (secondary N) is 1. The molecule has 5 heteroatoms. The molecule has 0 atom stereocenters. The molecule has 0 aromatic carbocycles. The molecule has 1 aliphatic rings. The molecule has 0 saturated heterocycles. The van der Waals surface area contributed by atoms with Crippen LogP contribution in [0.1, 0.15) is 39.0 Å². The van der Waals surface area contributed by atoms with E-state index in [1.807, 2.05) is 4.57 Å². The summed E-state index contributed by atoms with van der Waals surface area (Å²) in [5.74, 6) is 2.17. The molecular weight excluding hydrogens is 220 g/mol. The molecular formula is C11H20N4S. The Morgan fingerprint density at radius 3 is 2.50 bits per heavy atom. The summed E-state index contributed by atoms with van der Waals surface area (Å²) in [5.41, 5.74) is 5.77. The molecule has 0 bridgehead atoms. The summed E-state index contributed by atoms with van der Waals surface area (Å²) < 4.78 is 2.57. The molecule has 2 rings (SSSR count). The molecule has 4 nitrogen and oxygen atoms in total. The quantitative estimate of drug-likeness (QED) is 0.799. The summed E-state index contributed by atoms with van der Waals surface area (Å²) in [6, 6.07) is 0. The molecule has 1 aromatic rings. The third kappa shape index (κ3) is 2.45. The van der Waals surface area contributed by atoms with Gasteiger partial charge < -0.3 is 5.73 Å². The van der Waals surface area contributed by atoms with Gasteiger partial charge in [-0.2, -0.15) is 0 Å². The fourth-order valence-electron chi connectivity index (χ4n) is 2.59. The lowest BCUT2D eigenvalue weighted by molar-refractivity contribution is 0.248. The number of anilines is 1. The van der Waals surface area contributed by atoms with E-state index in [1.54, 1.807) is 0 Å². The zero-order valence-electron chi connectivity index (χ0n) is 9.78. The van der Waals surface area contributed by atoms with Crippen molar-refractivity contribution in [2.75, 3.05) is 5.73 Å². The second-order valence-corrected chi connectivity index (χ2v) is 5.18. The highest BCUT2D eigenvalue weighted by Gasteiger charge is 2.21. The highest BCUT2D eigenvalue weighted by molar-refractivity contribution is 7.71. The van der Waals surface area contributed by atoms with Crippen LogP contribution in [-0.4, -0.2) is 14.8 Å². The number of aromatic amines is 1. The average Bonchev–Trinajstić information content (AvgIpc) is 2.62. The van der Waals surface area contributed by atoms with Gasteiger partial charge in [0.05, 0.1) is 0 Å². The van der Waals surface area contributed by atoms with Crippen molar-refractivity contribution in [1.82, 2.24) is 14.8 Å². The maximum absolute atomic E-state index is 5.77. The molecule has 0 unspecified atom stereocenters. The molecule has 16 heavy (non-hydrogen) atoms. The van der Waals surface area contributed by atoms with Crippen molar-refractivity contribution >= 4 is 18.2 Å². The van der Waals surface area contributed by atoms with E-state index in [0.29, 0.717) is 10.7 Å². The molecule has 0 amide bonds. The number of nitrogens with zero attached hydrogens (tertiary/aromatic N) is 2. The van der Waals surface area contributed by atoms with Crippen LogP contribution in [0.15, 0.2) is 0 Å². The van der Waals surface area contributed by atoms with Crippen molar-refractivity contribution in [3.63, 3.8) is 0 Å². The molecule has 3 N–H and O–H groups in total. The van der Waals surface area contributed by atoms with Gasteiger partial charge in [-0.05, 0) is 36.9 Å². The van der Waals surface area contributed by atoms with Crippen LogP contribution in [0.25, 0.3) is 0 Å². The summed E-state index contributed by atoms with van der Waals surface area (Å²) in [7, 11) is 0. The van der Waals surface area contributed by atoms with Gasteiger partial charge in [-0.3, -0.25) is 4.57 Å². The number of rotatable bonds is 3. The van der Waals surface area contributed by atoms with E-state index in [2.05, 4.69) is 17.1 Å². The van der Waals surface area contributed by atoms with Gasteiger partial charge in [0.2, 0.25) is 5.95 Å². The van der Waals surface area contributed by atoms with Gasteiger partial charge in [0.1, 0.15) is 0 Å². The SMILES string of the molecule is CCC1CCC(Cn2c(N)n[nH]c2=S)CC1. The number of H-pyrrole nitrogens is 1. The van der Waals surface area contributed by atoms with Gasteiger partial charge >= 0.3 is 0 Å². The van der Waals surface area contributed by atoms with E-state index in [9.17, 15) is 0 Å². The number of nitrogen functional groups attached to an aromatic ring is 1. The first-order chi connectivity index (χ1) is 7.70. The molecule has 0 radical (unpaired) electrons. The zero-order valence-corrected chi connectivity index (χ0v) is 10.6. The standard InChI is InChI=1S/C11H20N4S/c1-2-8-3-5-9(6-4-8)7-15-10(12)13-14-11(15)16/h8-9H,2-7H2,1H3,(H2,12,13)(H,14,16). The van der Waals surface area contributed by atoms with Crippen LogP contribution in [0.2, 0.25) is 0 Å². The van der Waals surface area contributed by atoms with Crippen molar-refractivity contribution < 1.29 is 0 Å². The monoisotopic (exact) mass is 240 g/mol. The van der Waals surface area contributed by atoms with Crippen molar-refractivity contribution in [2.24, 2.45) is 11.8 Å². The predicted molar refractivity (Wildman–Crippen MR) is 67.6 cm³/mol. The minimum absolute atomic E-state index is 0.516. The summed E-state index contributed by atoms with van der Waals surface area (Å²) in [6.45, 7) is 3.22. The van der Waals surface area contributed by atoms with E-state index >= 15 is 0 Å². The van der Waals surface area contributed by atoms with E-state index in [-0.39, 0.29) is 0 Å². The molecule has 0 aliphatic heterocycles. The van der Waals surface area contributed by atoms with Crippen LogP contribution in [0, 0.1) is 16.6 Å². The highest BCUT2D eigenvalue weighted by Crippen LogP contribution is 2.31. The Morgan fingerprint density at radius 1 is 1.38 bits per heavy atom. The van der Waals surface area contributed by atoms with Gasteiger partial charge in [0.25, 0.3) is 0 Å². The molecule has 1 saturated carbocycles. The Hall–Kier alpha value is -0.840. The Morgan fingerprint density at radius 2 is 2.00 bits per heavy atom. The number of aromatic nitrogens is 3. The van der Waals surface area contributed by atoms with Gasteiger partial charge in [0.15, 0.2) is 4.77 Å². The first kappa shape index (κ1) is 11.6. The van der Waals surface area contributed by atoms with Gasteiger partial charge in [-0.25, -0.2) is 5.10 Å². The predicted octanol–water partition coefficient (Wildman–Crippen LogP) is 2.74. The van der Waals surface area contributed by atoms with Crippen molar-refractivity contribution in [3.8, 4) is 0 Å². The molecule has 1 aromatic heterocycles. The molecule has 1 aliphatic carbocycles. The fraction of sp³-hybridized carbons (Fsp3) is 0.818. The minimum Gasteiger partial charge on any atom is -0.368 e. The summed E-state index contributed by atoms with van der Waals surface area (Å²) in [4.78, 5) is 0. The van der Waals surface area contributed by atoms with Crippen LogP contribution in [0.4, 0.5) is 5.95 Å². The number of nitrogens with two attached hydrogens (primary N) is 1. The van der Waals surface area contributed by atoms with Crippen molar-refractivity contribution in [2.45, 2.75) is 45.6 Å². The second kappa shape index (κ2) is 4.99. The zero-order chi connectivity index (χ0) is 11.5. The topological polar surface area (TPSA) is 59.6 Å². The first-order valence-corrected chi connectivity index (χ1v) is 6.52. The number of hydrogen-bond donors (Lipinski definition) is 2. The van der Waals surface area contributed by atoms with E-state index in [0.717, 1.165) is 18.4 Å². The highest BCUT2D eigenvalue weighted by atomic mass is 32.1. The molecule has 1 fully saturated rings. The summed E-state index contributed by atoms with van der Waals surface area (Å²) >= 11 is 5.15. The lowest BCUT2D eigenvalue weighted by Gasteiger charge is -2.27. The lowest BCUT2D eigenvalue weighted by atomic mass is 9.81. The summed E-state index contributed by atoms with van der Waals surface area (Å²) in [5, 5.41) is 6.67. The van der Waals surface area contributed by atoms with Crippen LogP contribution in [0.5, 0.6) is 0 Å². The maximum Gasteiger partial charge on any atom is 0.220 e. The van der Waals surface area contributed by atoms with E-state index in [4.69, 9.17) is 18.0 Å². The maximum atomic E-state index is 5.77. The van der Waals surface area contributed by atoms with Gasteiger partial charge in [-0.1, -0.05) is 26.2 Å². The second-order valence-electron chi connectivity index (χ2n) is 4.79. The van der Waals surface area contributed by atoms with Crippen molar-refractivity contribution in [1.29, 1.82) is 0 Å². The minimum atomic E-state index is 0.516. The molecule has 90 valence electrons. The third-order valence-corrected chi connectivity index (χ3v) is 4.08. The smallest absolute Gasteiger partial charge is 0.220 e. The van der Waals surface area contributed by atoms with Crippen LogP contribution in [-0.2, 0) is 6.54 Å². The van der Waals surface area contributed by atoms with Crippen LogP contribution in [0.3, 0.4) is 0 Å². The largest absolute Gasteiger partial charge is 0.368 e. The van der Waals surface area contributed by atoms with E-state index < -0.39 is 0 Å². The van der Waals surface area contributed by atoms with E-state index in [1.165, 1.54) is 32.1 Å². The third-order valence-electron chi connectivity index (χ3n) is 3.77. The molecule has 1 heterocycles. The summed E-state index contributed by atoms with van der Waals surface area (Å²) in [6.07, 6.45) is 6.62. The van der Waals surface area contributed by atoms with Crippen molar-refractivity contribution in [3.05, 3.63) is 4.77 Å². The normalized spacial score (nSPS) is 25.8. The van der Waals surface area contributed by atoms with Gasteiger partial charge in [0, 0.05) is 6.54 Å². The Bertz CT molecular complexity index is 387. The fourth-order valence-corrected chi connectivity index (χ4v) is 2.80. The van der Waals surface area contributed by atoms with Crippen LogP contribution >= 0.6 is 12.2 Å². The number of hydrogen-bond acceptors (Lipinski definition) is 3. The first-order valence-electron chi connectivity index (χ1n) is 6.11. The molecule has 0 spiro atoms. The average molecular weight is 240 g/mol. The van der Waals surface area contributed by atoms with Gasteiger partial charge in [-0.15, -0.1) is 5.10 Å². The lowest BCUT2D eigenvalue weighted by Crippen LogP contribution is -2.19. The Labute approximate surface area is 101 Å². The Kier molecular flexibility index (Phi) is 3.63. The Balaban J connectivity index is 1.94.